The maximum absolute atomic E-state index is 13.2. The first kappa shape index (κ1) is 18.7. The van der Waals surface area contributed by atoms with E-state index in [0.717, 1.165) is 31.4 Å². The summed E-state index contributed by atoms with van der Waals surface area (Å²) in [5.41, 5.74) is 10.6. The Morgan fingerprint density at radius 1 is 0.893 bits per heavy atom. The fourth-order valence-electron chi connectivity index (χ4n) is 3.77. The van der Waals surface area contributed by atoms with Crippen LogP contribution in [0.2, 0.25) is 0 Å². The van der Waals surface area contributed by atoms with Gasteiger partial charge in [-0.3, -0.25) is 9.59 Å². The summed E-state index contributed by atoms with van der Waals surface area (Å²) in [6.45, 7) is 0. The largest absolute Gasteiger partial charge is 0.368 e. The summed E-state index contributed by atoms with van der Waals surface area (Å²) in [6.07, 6.45) is 0.369. The zero-order chi connectivity index (χ0) is 19.7. The Morgan fingerprint density at radius 2 is 1.43 bits per heavy atom. The molecule has 28 heavy (non-hydrogen) atoms. The lowest BCUT2D eigenvalue weighted by molar-refractivity contribution is -0.127. The molecule has 5 heteroatoms. The molecule has 0 spiro atoms. The van der Waals surface area contributed by atoms with Crippen LogP contribution in [0.1, 0.15) is 22.6 Å². The molecule has 0 bridgehead atoms. The summed E-state index contributed by atoms with van der Waals surface area (Å²) in [6, 6.07) is 22.9. The van der Waals surface area contributed by atoms with Crippen LogP contribution in [0, 0.1) is 3.57 Å². The van der Waals surface area contributed by atoms with E-state index < -0.39 is 17.9 Å². The van der Waals surface area contributed by atoms with E-state index in [9.17, 15) is 9.59 Å². The first-order chi connectivity index (χ1) is 13.5. The van der Waals surface area contributed by atoms with Crippen LogP contribution in [0.3, 0.4) is 0 Å². The summed E-state index contributed by atoms with van der Waals surface area (Å²) in [5, 5.41) is 2.89. The molecular weight excluding hydrogens is 463 g/mol. The number of nitrogens with one attached hydrogen (secondary N) is 1. The molecule has 4 rings (SSSR count). The molecule has 140 valence electrons. The van der Waals surface area contributed by atoms with Crippen LogP contribution in [-0.4, -0.2) is 17.9 Å². The van der Waals surface area contributed by atoms with E-state index in [0.29, 0.717) is 6.42 Å². The zero-order valence-electron chi connectivity index (χ0n) is 15.1. The van der Waals surface area contributed by atoms with E-state index in [-0.39, 0.29) is 5.91 Å². The molecular formula is C23H19IN2O2. The van der Waals surface area contributed by atoms with Gasteiger partial charge in [-0.05, 0) is 62.5 Å². The SMILES string of the molecule is NC(=O)[C@H](Cc1ccc(I)cc1)NC(=O)C1c2ccccc2-c2ccccc21. The Hall–Kier alpha value is -2.67. The van der Waals surface area contributed by atoms with Gasteiger partial charge in [0.2, 0.25) is 11.8 Å². The number of primary amides is 1. The Labute approximate surface area is 177 Å². The van der Waals surface area contributed by atoms with Gasteiger partial charge in [0.25, 0.3) is 0 Å². The van der Waals surface area contributed by atoms with Gasteiger partial charge < -0.3 is 11.1 Å². The van der Waals surface area contributed by atoms with Gasteiger partial charge in [-0.15, -0.1) is 0 Å². The molecule has 0 unspecified atom stereocenters. The Morgan fingerprint density at radius 3 is 1.96 bits per heavy atom. The number of carbonyl (C=O) groups is 2. The van der Waals surface area contributed by atoms with Gasteiger partial charge in [0, 0.05) is 9.99 Å². The number of hydrogen-bond acceptors (Lipinski definition) is 2. The summed E-state index contributed by atoms with van der Waals surface area (Å²) >= 11 is 2.23. The summed E-state index contributed by atoms with van der Waals surface area (Å²) < 4.78 is 1.11. The number of hydrogen-bond donors (Lipinski definition) is 2. The first-order valence-electron chi connectivity index (χ1n) is 9.07. The van der Waals surface area contributed by atoms with Gasteiger partial charge in [0.15, 0.2) is 0 Å². The molecule has 3 aromatic rings. The van der Waals surface area contributed by atoms with Crippen molar-refractivity contribution in [2.45, 2.75) is 18.4 Å². The predicted molar refractivity (Wildman–Crippen MR) is 118 cm³/mol. The van der Waals surface area contributed by atoms with Gasteiger partial charge in [0.05, 0.1) is 5.92 Å². The second kappa shape index (κ2) is 7.75. The normalized spacial score (nSPS) is 13.5. The lowest BCUT2D eigenvalue weighted by Gasteiger charge is -2.20. The van der Waals surface area contributed by atoms with Crippen LogP contribution in [-0.2, 0) is 16.0 Å². The highest BCUT2D eigenvalue weighted by molar-refractivity contribution is 14.1. The van der Waals surface area contributed by atoms with E-state index in [2.05, 4.69) is 27.9 Å². The molecule has 0 aromatic heterocycles. The van der Waals surface area contributed by atoms with E-state index in [4.69, 9.17) is 5.73 Å². The lowest BCUT2D eigenvalue weighted by Crippen LogP contribution is -2.47. The maximum Gasteiger partial charge on any atom is 0.240 e. The molecule has 0 radical (unpaired) electrons. The first-order valence-corrected chi connectivity index (χ1v) is 10.1. The molecule has 2 amide bonds. The zero-order valence-corrected chi connectivity index (χ0v) is 17.2. The van der Waals surface area contributed by atoms with Crippen molar-refractivity contribution in [1.82, 2.24) is 5.32 Å². The van der Waals surface area contributed by atoms with Gasteiger partial charge in [0.1, 0.15) is 6.04 Å². The molecule has 0 aliphatic heterocycles. The number of nitrogens with two attached hydrogens (primary N) is 1. The van der Waals surface area contributed by atoms with Crippen LogP contribution in [0.15, 0.2) is 72.8 Å². The highest BCUT2D eigenvalue weighted by Gasteiger charge is 2.34. The van der Waals surface area contributed by atoms with Crippen molar-refractivity contribution in [3.63, 3.8) is 0 Å². The van der Waals surface area contributed by atoms with Gasteiger partial charge >= 0.3 is 0 Å². The molecule has 4 nitrogen and oxygen atoms in total. The Balaban J connectivity index is 1.61. The van der Waals surface area contributed by atoms with E-state index in [1.165, 1.54) is 0 Å². The summed E-state index contributed by atoms with van der Waals surface area (Å²) in [5.74, 6) is -1.18. The van der Waals surface area contributed by atoms with Crippen molar-refractivity contribution in [3.8, 4) is 11.1 Å². The minimum atomic E-state index is -0.757. The summed E-state index contributed by atoms with van der Waals surface area (Å²) in [7, 11) is 0. The minimum absolute atomic E-state index is 0.202. The molecule has 0 saturated heterocycles. The third-order valence-corrected chi connectivity index (χ3v) is 5.83. The lowest BCUT2D eigenvalue weighted by atomic mass is 9.95. The Bertz CT molecular complexity index is 1000. The molecule has 0 heterocycles. The molecule has 0 fully saturated rings. The molecule has 3 aromatic carbocycles. The quantitative estimate of drug-likeness (QED) is 0.546. The molecule has 0 saturated carbocycles. The molecule has 3 N–H and O–H groups in total. The average molecular weight is 482 g/mol. The predicted octanol–water partition coefficient (Wildman–Crippen LogP) is 3.62. The minimum Gasteiger partial charge on any atom is -0.368 e. The highest BCUT2D eigenvalue weighted by atomic mass is 127. The van der Waals surface area contributed by atoms with Crippen LogP contribution in [0.25, 0.3) is 11.1 Å². The third-order valence-electron chi connectivity index (χ3n) is 5.11. The van der Waals surface area contributed by atoms with Crippen LogP contribution < -0.4 is 11.1 Å². The van der Waals surface area contributed by atoms with Crippen molar-refractivity contribution in [2.24, 2.45) is 5.73 Å². The van der Waals surface area contributed by atoms with E-state index in [1.807, 2.05) is 72.8 Å². The van der Waals surface area contributed by atoms with Crippen molar-refractivity contribution in [1.29, 1.82) is 0 Å². The third kappa shape index (κ3) is 3.54. The highest BCUT2D eigenvalue weighted by Crippen LogP contribution is 2.44. The molecule has 1 aliphatic rings. The fourth-order valence-corrected chi connectivity index (χ4v) is 4.13. The number of carbonyl (C=O) groups excluding carboxylic acids is 2. The molecule has 1 aliphatic carbocycles. The number of fused-ring (bicyclic) bond motifs is 3. The van der Waals surface area contributed by atoms with Crippen molar-refractivity contribution >= 4 is 34.4 Å². The summed E-state index contributed by atoms with van der Waals surface area (Å²) in [4.78, 5) is 25.2. The number of halogens is 1. The fraction of sp³-hybridized carbons (Fsp3) is 0.130. The van der Waals surface area contributed by atoms with Gasteiger partial charge in [-0.2, -0.15) is 0 Å². The average Bonchev–Trinajstić information content (AvgIpc) is 3.03. The van der Waals surface area contributed by atoms with Crippen molar-refractivity contribution in [2.75, 3.05) is 0 Å². The number of benzene rings is 3. The second-order valence-electron chi connectivity index (χ2n) is 6.90. The van der Waals surface area contributed by atoms with Gasteiger partial charge in [-0.25, -0.2) is 0 Å². The van der Waals surface area contributed by atoms with Crippen molar-refractivity contribution in [3.05, 3.63) is 93.1 Å². The standard InChI is InChI=1S/C23H19IN2O2/c24-15-11-9-14(10-12-15)13-20(22(25)27)26-23(28)21-18-7-3-1-5-16(18)17-6-2-4-8-19(17)21/h1-12,20-21H,13H2,(H2,25,27)(H,26,28)/t20-/m0/s1. The van der Waals surface area contributed by atoms with Crippen LogP contribution in [0.5, 0.6) is 0 Å². The van der Waals surface area contributed by atoms with Crippen molar-refractivity contribution < 1.29 is 9.59 Å². The van der Waals surface area contributed by atoms with E-state index >= 15 is 0 Å². The monoisotopic (exact) mass is 482 g/mol. The Kier molecular flexibility index (Phi) is 5.17. The topological polar surface area (TPSA) is 72.2 Å². The van der Waals surface area contributed by atoms with E-state index in [1.54, 1.807) is 0 Å². The van der Waals surface area contributed by atoms with Crippen LogP contribution in [0.4, 0.5) is 0 Å². The second-order valence-corrected chi connectivity index (χ2v) is 8.15. The van der Waals surface area contributed by atoms with Gasteiger partial charge in [-0.1, -0.05) is 60.7 Å². The smallest absolute Gasteiger partial charge is 0.240 e. The number of rotatable bonds is 5. The molecule has 1 atom stereocenters. The number of amides is 2. The van der Waals surface area contributed by atoms with Crippen LogP contribution >= 0.6 is 22.6 Å². The maximum atomic E-state index is 13.2.